The highest BCUT2D eigenvalue weighted by Gasteiger charge is 2.53. The van der Waals surface area contributed by atoms with E-state index in [0.717, 1.165) is 38.8 Å². The van der Waals surface area contributed by atoms with Crippen molar-refractivity contribution in [2.75, 3.05) is 13.1 Å². The van der Waals surface area contributed by atoms with Gasteiger partial charge in [0.05, 0.1) is 11.6 Å². The second kappa shape index (κ2) is 5.52. The number of aryl methyl sites for hydroxylation is 1. The second-order valence-electron chi connectivity index (χ2n) is 7.08. The maximum absolute atomic E-state index is 13.0. The van der Waals surface area contributed by atoms with Crippen LogP contribution in [0.1, 0.15) is 30.4 Å². The zero-order valence-corrected chi connectivity index (χ0v) is 13.6. The summed E-state index contributed by atoms with van der Waals surface area (Å²) in [5, 5.41) is 4.24. The Morgan fingerprint density at radius 3 is 2.74 bits per heavy atom. The van der Waals surface area contributed by atoms with Crippen LogP contribution in [0.5, 0.6) is 0 Å². The van der Waals surface area contributed by atoms with Crippen LogP contribution in [0, 0.1) is 5.92 Å². The van der Waals surface area contributed by atoms with Crippen molar-refractivity contribution in [3.8, 4) is 0 Å². The maximum atomic E-state index is 13.0. The molecule has 2 fully saturated rings. The van der Waals surface area contributed by atoms with Gasteiger partial charge in [-0.1, -0.05) is 30.3 Å². The molecule has 1 aromatic heterocycles. The fraction of sp³-hybridized carbons (Fsp3) is 0.474. The van der Waals surface area contributed by atoms with E-state index in [4.69, 9.17) is 0 Å². The Labute approximate surface area is 137 Å². The molecule has 2 aliphatic rings. The third-order valence-corrected chi connectivity index (χ3v) is 5.34. The number of amides is 1. The van der Waals surface area contributed by atoms with Gasteiger partial charge in [-0.05, 0) is 42.7 Å². The first-order valence-corrected chi connectivity index (χ1v) is 8.50. The van der Waals surface area contributed by atoms with E-state index in [1.807, 2.05) is 36.1 Å². The van der Waals surface area contributed by atoms with E-state index < -0.39 is 0 Å². The summed E-state index contributed by atoms with van der Waals surface area (Å²) in [5.74, 6) is 0.909. The molecular formula is C19H23N3O. The van der Waals surface area contributed by atoms with E-state index in [9.17, 15) is 4.79 Å². The summed E-state index contributed by atoms with van der Waals surface area (Å²) in [6.45, 7) is 1.79. The van der Waals surface area contributed by atoms with E-state index >= 15 is 0 Å². The smallest absolute Gasteiger partial charge is 0.233 e. The summed E-state index contributed by atoms with van der Waals surface area (Å²) in [4.78, 5) is 15.1. The highest BCUT2D eigenvalue weighted by molar-refractivity contribution is 5.91. The first kappa shape index (κ1) is 14.5. The third-order valence-electron chi connectivity index (χ3n) is 5.34. The molecule has 4 heteroatoms. The van der Waals surface area contributed by atoms with Crippen molar-refractivity contribution in [1.29, 1.82) is 0 Å². The standard InChI is InChI=1S/C19H23N3O/c1-21-13-16(12-20-21)11-15-7-10-22(14-15)18(23)19(8-9-19)17-5-3-2-4-6-17/h2-6,12-13,15H,7-11,14H2,1H3. The molecular weight excluding hydrogens is 286 g/mol. The van der Waals surface area contributed by atoms with E-state index in [1.54, 1.807) is 0 Å². The molecule has 1 saturated carbocycles. The van der Waals surface area contributed by atoms with Crippen LogP contribution >= 0.6 is 0 Å². The molecule has 1 amide bonds. The molecule has 2 heterocycles. The minimum atomic E-state index is -0.218. The first-order chi connectivity index (χ1) is 11.2. The van der Waals surface area contributed by atoms with Gasteiger partial charge >= 0.3 is 0 Å². The highest BCUT2D eigenvalue weighted by Crippen LogP contribution is 2.50. The molecule has 1 atom stereocenters. The van der Waals surface area contributed by atoms with Crippen molar-refractivity contribution in [3.05, 3.63) is 53.9 Å². The normalized spacial score (nSPS) is 22.3. The summed E-state index contributed by atoms with van der Waals surface area (Å²) >= 11 is 0. The van der Waals surface area contributed by atoms with Crippen molar-refractivity contribution >= 4 is 5.91 Å². The zero-order valence-electron chi connectivity index (χ0n) is 13.6. The van der Waals surface area contributed by atoms with E-state index in [2.05, 4.69) is 28.3 Å². The Kier molecular flexibility index (Phi) is 3.47. The molecule has 1 unspecified atom stereocenters. The van der Waals surface area contributed by atoms with E-state index in [0.29, 0.717) is 11.8 Å². The summed E-state index contributed by atoms with van der Waals surface area (Å²) < 4.78 is 1.85. The lowest BCUT2D eigenvalue weighted by atomic mass is 9.94. The lowest BCUT2D eigenvalue weighted by molar-refractivity contribution is -0.133. The molecule has 1 aliphatic carbocycles. The Bertz CT molecular complexity index is 702. The second-order valence-corrected chi connectivity index (χ2v) is 7.08. The van der Waals surface area contributed by atoms with Gasteiger partial charge in [0, 0.05) is 26.3 Å². The van der Waals surface area contributed by atoms with Gasteiger partial charge in [0.1, 0.15) is 0 Å². The number of likely N-dealkylation sites (tertiary alicyclic amines) is 1. The van der Waals surface area contributed by atoms with Gasteiger partial charge in [-0.2, -0.15) is 5.10 Å². The summed E-state index contributed by atoms with van der Waals surface area (Å²) in [7, 11) is 1.95. The van der Waals surface area contributed by atoms with Crippen molar-refractivity contribution < 1.29 is 4.79 Å². The van der Waals surface area contributed by atoms with Gasteiger partial charge in [0.2, 0.25) is 5.91 Å². The molecule has 1 aliphatic heterocycles. The van der Waals surface area contributed by atoms with Crippen molar-refractivity contribution in [1.82, 2.24) is 14.7 Å². The largest absolute Gasteiger partial charge is 0.342 e. The van der Waals surface area contributed by atoms with Gasteiger partial charge in [-0.15, -0.1) is 0 Å². The lowest BCUT2D eigenvalue weighted by Crippen LogP contribution is -2.37. The minimum Gasteiger partial charge on any atom is -0.342 e. The van der Waals surface area contributed by atoms with E-state index in [-0.39, 0.29) is 5.41 Å². The molecule has 0 radical (unpaired) electrons. The summed E-state index contributed by atoms with van der Waals surface area (Å²) in [6.07, 6.45) is 8.15. The fourth-order valence-corrected chi connectivity index (χ4v) is 3.91. The number of aromatic nitrogens is 2. The van der Waals surface area contributed by atoms with Crippen LogP contribution in [0.15, 0.2) is 42.7 Å². The minimum absolute atomic E-state index is 0.218. The fourth-order valence-electron chi connectivity index (χ4n) is 3.91. The molecule has 0 bridgehead atoms. The number of benzene rings is 1. The monoisotopic (exact) mass is 309 g/mol. The van der Waals surface area contributed by atoms with Gasteiger partial charge in [-0.3, -0.25) is 9.48 Å². The molecule has 120 valence electrons. The first-order valence-electron chi connectivity index (χ1n) is 8.50. The Hall–Kier alpha value is -2.10. The van der Waals surface area contributed by atoms with Crippen molar-refractivity contribution in [2.45, 2.75) is 31.1 Å². The molecule has 23 heavy (non-hydrogen) atoms. The zero-order chi connectivity index (χ0) is 15.9. The van der Waals surface area contributed by atoms with Crippen molar-refractivity contribution in [3.63, 3.8) is 0 Å². The summed E-state index contributed by atoms with van der Waals surface area (Å²) in [6, 6.07) is 10.3. The van der Waals surface area contributed by atoms with Crippen LogP contribution in [-0.4, -0.2) is 33.7 Å². The third kappa shape index (κ3) is 2.67. The van der Waals surface area contributed by atoms with Crippen LogP contribution in [-0.2, 0) is 23.7 Å². The average molecular weight is 309 g/mol. The van der Waals surface area contributed by atoms with Gasteiger partial charge in [-0.25, -0.2) is 0 Å². The van der Waals surface area contributed by atoms with Gasteiger partial charge in [0.15, 0.2) is 0 Å². The number of nitrogens with zero attached hydrogens (tertiary/aromatic N) is 3. The Balaban J connectivity index is 1.42. The number of hydrogen-bond acceptors (Lipinski definition) is 2. The van der Waals surface area contributed by atoms with Crippen LogP contribution in [0.3, 0.4) is 0 Å². The Morgan fingerprint density at radius 1 is 1.30 bits per heavy atom. The molecule has 2 aromatic rings. The van der Waals surface area contributed by atoms with Crippen LogP contribution in [0.2, 0.25) is 0 Å². The Morgan fingerprint density at radius 2 is 2.09 bits per heavy atom. The number of carbonyl (C=O) groups is 1. The predicted octanol–water partition coefficient (Wildman–Crippen LogP) is 2.54. The molecule has 1 saturated heterocycles. The quantitative estimate of drug-likeness (QED) is 0.870. The topological polar surface area (TPSA) is 38.1 Å². The van der Waals surface area contributed by atoms with E-state index in [1.165, 1.54) is 11.1 Å². The maximum Gasteiger partial charge on any atom is 0.233 e. The predicted molar refractivity (Wildman–Crippen MR) is 89.0 cm³/mol. The SMILES string of the molecule is Cn1cc(CC2CCN(C(=O)C3(c4ccccc4)CC3)C2)cn1. The van der Waals surface area contributed by atoms with Crippen molar-refractivity contribution in [2.24, 2.45) is 13.0 Å². The average Bonchev–Trinajstić information content (AvgIpc) is 3.09. The van der Waals surface area contributed by atoms with Gasteiger partial charge in [0.25, 0.3) is 0 Å². The number of hydrogen-bond donors (Lipinski definition) is 0. The van der Waals surface area contributed by atoms with Gasteiger partial charge < -0.3 is 4.90 Å². The van der Waals surface area contributed by atoms with Crippen LogP contribution in [0.4, 0.5) is 0 Å². The van der Waals surface area contributed by atoms with Crippen LogP contribution in [0.25, 0.3) is 0 Å². The molecule has 0 spiro atoms. The molecule has 4 rings (SSSR count). The summed E-state index contributed by atoms with van der Waals surface area (Å²) in [5.41, 5.74) is 2.25. The molecule has 0 N–H and O–H groups in total. The number of carbonyl (C=O) groups excluding carboxylic acids is 1. The molecule has 1 aromatic carbocycles. The lowest BCUT2D eigenvalue weighted by Gasteiger charge is -2.23. The number of rotatable bonds is 4. The van der Waals surface area contributed by atoms with Crippen LogP contribution < -0.4 is 0 Å². The molecule has 4 nitrogen and oxygen atoms in total. The highest BCUT2D eigenvalue weighted by atomic mass is 16.2.